The second-order valence-electron chi connectivity index (χ2n) is 4.93. The summed E-state index contributed by atoms with van der Waals surface area (Å²) >= 11 is 11.9. The molecule has 0 aliphatic heterocycles. The van der Waals surface area contributed by atoms with E-state index in [1.165, 1.54) is 6.20 Å². The molecule has 0 saturated carbocycles. The summed E-state index contributed by atoms with van der Waals surface area (Å²) in [7, 11) is 0. The maximum absolute atomic E-state index is 12.1. The van der Waals surface area contributed by atoms with Gasteiger partial charge in [-0.15, -0.1) is 0 Å². The number of ether oxygens (including phenoxy) is 1. The second-order valence-corrected chi connectivity index (χ2v) is 5.72. The smallest absolute Gasteiger partial charge is 0.344 e. The number of rotatable bonds is 5. The molecule has 2 rings (SSSR count). The zero-order chi connectivity index (χ0) is 17.9. The van der Waals surface area contributed by atoms with Crippen LogP contribution in [0.5, 0.6) is 0 Å². The third-order valence-electron chi connectivity index (χ3n) is 3.27. The number of nitrogens with zero attached hydrogens (tertiary/aromatic N) is 2. The molecule has 0 radical (unpaired) electrons. The van der Waals surface area contributed by atoms with Crippen molar-refractivity contribution in [2.24, 2.45) is 0 Å². The third-order valence-corrected chi connectivity index (χ3v) is 4.11. The lowest BCUT2D eigenvalue weighted by atomic mass is 10.1. The first-order chi connectivity index (χ1) is 11.3. The zero-order valence-corrected chi connectivity index (χ0v) is 14.8. The van der Waals surface area contributed by atoms with Crippen LogP contribution in [0.3, 0.4) is 0 Å². The number of aryl methyl sites for hydroxylation is 2. The van der Waals surface area contributed by atoms with Crippen molar-refractivity contribution in [3.05, 3.63) is 38.8 Å². The monoisotopic (exact) mass is 371 g/mol. The molecular weight excluding hydrogens is 357 g/mol. The van der Waals surface area contributed by atoms with Gasteiger partial charge in [0.05, 0.1) is 15.7 Å². The van der Waals surface area contributed by atoms with Gasteiger partial charge in [0.15, 0.2) is 12.4 Å². The first-order valence-corrected chi connectivity index (χ1v) is 7.83. The lowest BCUT2D eigenvalue weighted by molar-refractivity contribution is -0.119. The van der Waals surface area contributed by atoms with Crippen LogP contribution in [0.2, 0.25) is 10.0 Å². The van der Waals surface area contributed by atoms with E-state index in [-0.39, 0.29) is 16.4 Å². The van der Waals surface area contributed by atoms with Gasteiger partial charge < -0.3 is 14.6 Å². The molecule has 0 saturated heterocycles. The van der Waals surface area contributed by atoms with Crippen molar-refractivity contribution < 1.29 is 18.8 Å². The van der Waals surface area contributed by atoms with Gasteiger partial charge in [-0.3, -0.25) is 4.79 Å². The third kappa shape index (κ3) is 3.85. The molecule has 0 aromatic carbocycles. The number of nitrogens with one attached hydrogen (secondary N) is 1. The van der Waals surface area contributed by atoms with Crippen molar-refractivity contribution in [1.29, 1.82) is 0 Å². The van der Waals surface area contributed by atoms with Crippen LogP contribution >= 0.6 is 23.2 Å². The van der Waals surface area contributed by atoms with Gasteiger partial charge >= 0.3 is 5.97 Å². The van der Waals surface area contributed by atoms with E-state index >= 15 is 0 Å². The lowest BCUT2D eigenvalue weighted by Gasteiger charge is -2.09. The van der Waals surface area contributed by atoms with E-state index < -0.39 is 18.5 Å². The van der Waals surface area contributed by atoms with Crippen LogP contribution in [0.1, 0.15) is 34.3 Å². The number of aromatic nitrogens is 2. The highest BCUT2D eigenvalue weighted by Crippen LogP contribution is 2.28. The average molecular weight is 372 g/mol. The Bertz CT molecular complexity index is 789. The molecule has 7 nitrogen and oxygen atoms in total. The van der Waals surface area contributed by atoms with Gasteiger partial charge in [0.25, 0.3) is 5.91 Å². The Labute approximate surface area is 148 Å². The standard InChI is InChI=1S/C15H15Cl2N3O4/c1-4-10-12(8(3)24-20-10)15(22)23-6-11(21)19-14-13(17)7(2)9(16)5-18-14/h5H,4,6H2,1-3H3,(H,18,19,21). The van der Waals surface area contributed by atoms with Crippen LogP contribution in [0, 0.1) is 13.8 Å². The van der Waals surface area contributed by atoms with Crippen molar-refractivity contribution in [1.82, 2.24) is 10.1 Å². The highest BCUT2D eigenvalue weighted by Gasteiger charge is 2.21. The maximum Gasteiger partial charge on any atom is 0.344 e. The zero-order valence-electron chi connectivity index (χ0n) is 13.3. The fraction of sp³-hybridized carbons (Fsp3) is 0.333. The Kier molecular flexibility index (Phi) is 5.80. The summed E-state index contributed by atoms with van der Waals surface area (Å²) in [6, 6.07) is 0. The molecular formula is C15H15Cl2N3O4. The summed E-state index contributed by atoms with van der Waals surface area (Å²) in [5.41, 5.74) is 1.31. The van der Waals surface area contributed by atoms with Gasteiger partial charge in [-0.25, -0.2) is 9.78 Å². The van der Waals surface area contributed by atoms with Crippen molar-refractivity contribution >= 4 is 40.9 Å². The number of halogens is 2. The number of pyridine rings is 1. The molecule has 2 aromatic rings. The van der Waals surface area contributed by atoms with Crippen molar-refractivity contribution in [2.45, 2.75) is 27.2 Å². The van der Waals surface area contributed by atoms with E-state index in [1.807, 2.05) is 6.92 Å². The van der Waals surface area contributed by atoms with Crippen LogP contribution in [0.4, 0.5) is 5.82 Å². The van der Waals surface area contributed by atoms with Crippen molar-refractivity contribution in [3.63, 3.8) is 0 Å². The Hall–Kier alpha value is -2.12. The number of hydrogen-bond acceptors (Lipinski definition) is 6. The summed E-state index contributed by atoms with van der Waals surface area (Å²) in [6.07, 6.45) is 1.88. The number of anilines is 1. The van der Waals surface area contributed by atoms with Gasteiger partial charge in [-0.1, -0.05) is 35.3 Å². The number of amides is 1. The maximum atomic E-state index is 12.1. The van der Waals surface area contributed by atoms with E-state index in [0.717, 1.165) is 0 Å². The quantitative estimate of drug-likeness (QED) is 0.809. The summed E-state index contributed by atoms with van der Waals surface area (Å²) in [6.45, 7) is 4.63. The molecule has 1 amide bonds. The number of carbonyl (C=O) groups is 2. The summed E-state index contributed by atoms with van der Waals surface area (Å²) in [4.78, 5) is 27.9. The normalized spacial score (nSPS) is 10.5. The van der Waals surface area contributed by atoms with E-state index in [0.29, 0.717) is 28.5 Å². The Morgan fingerprint density at radius 1 is 1.33 bits per heavy atom. The molecule has 0 aliphatic carbocycles. The SMILES string of the molecule is CCc1noc(C)c1C(=O)OCC(=O)Nc1ncc(Cl)c(C)c1Cl. The lowest BCUT2D eigenvalue weighted by Crippen LogP contribution is -2.22. The molecule has 0 atom stereocenters. The molecule has 1 N–H and O–H groups in total. The minimum Gasteiger partial charge on any atom is -0.452 e. The Morgan fingerprint density at radius 3 is 2.71 bits per heavy atom. The van der Waals surface area contributed by atoms with E-state index in [2.05, 4.69) is 15.5 Å². The molecule has 0 fully saturated rings. The molecule has 9 heteroatoms. The van der Waals surface area contributed by atoms with E-state index in [9.17, 15) is 9.59 Å². The molecule has 2 aromatic heterocycles. The predicted molar refractivity (Wildman–Crippen MR) is 88.5 cm³/mol. The van der Waals surface area contributed by atoms with Crippen molar-refractivity contribution in [2.75, 3.05) is 11.9 Å². The number of hydrogen-bond donors (Lipinski definition) is 1. The highest BCUT2D eigenvalue weighted by atomic mass is 35.5. The molecule has 0 spiro atoms. The minimum atomic E-state index is -0.674. The highest BCUT2D eigenvalue weighted by molar-refractivity contribution is 6.37. The summed E-state index contributed by atoms with van der Waals surface area (Å²) < 4.78 is 9.95. The van der Waals surface area contributed by atoms with Crippen LogP contribution in [-0.2, 0) is 16.0 Å². The molecule has 0 aliphatic rings. The van der Waals surface area contributed by atoms with Gasteiger partial charge in [0, 0.05) is 6.20 Å². The van der Waals surface area contributed by atoms with Gasteiger partial charge in [-0.2, -0.15) is 0 Å². The van der Waals surface area contributed by atoms with Crippen LogP contribution in [0.25, 0.3) is 0 Å². The van der Waals surface area contributed by atoms with Crippen LogP contribution in [-0.4, -0.2) is 28.6 Å². The first-order valence-electron chi connectivity index (χ1n) is 7.07. The number of esters is 1. The fourth-order valence-electron chi connectivity index (χ4n) is 1.94. The van der Waals surface area contributed by atoms with Crippen LogP contribution in [0.15, 0.2) is 10.7 Å². The first kappa shape index (κ1) is 18.2. The van der Waals surface area contributed by atoms with Crippen LogP contribution < -0.4 is 5.32 Å². The van der Waals surface area contributed by atoms with Gasteiger partial charge in [0.1, 0.15) is 11.3 Å². The Balaban J connectivity index is 2.00. The van der Waals surface area contributed by atoms with E-state index in [4.69, 9.17) is 32.5 Å². The largest absolute Gasteiger partial charge is 0.452 e. The second kappa shape index (κ2) is 7.63. The summed E-state index contributed by atoms with van der Waals surface area (Å²) in [5, 5.41) is 6.84. The Morgan fingerprint density at radius 2 is 2.04 bits per heavy atom. The minimum absolute atomic E-state index is 0.148. The average Bonchev–Trinajstić information content (AvgIpc) is 2.94. The topological polar surface area (TPSA) is 94.3 Å². The van der Waals surface area contributed by atoms with Gasteiger partial charge in [-0.05, 0) is 25.8 Å². The molecule has 24 heavy (non-hydrogen) atoms. The molecule has 0 bridgehead atoms. The van der Waals surface area contributed by atoms with Gasteiger partial charge in [0.2, 0.25) is 0 Å². The number of carbonyl (C=O) groups excluding carboxylic acids is 2. The van der Waals surface area contributed by atoms with Crippen molar-refractivity contribution in [3.8, 4) is 0 Å². The molecule has 2 heterocycles. The van der Waals surface area contributed by atoms with E-state index in [1.54, 1.807) is 13.8 Å². The predicted octanol–water partition coefficient (Wildman–Crippen LogP) is 3.35. The fourth-order valence-corrected chi connectivity index (χ4v) is 2.33. The molecule has 128 valence electrons. The molecule has 0 unspecified atom stereocenters. The summed E-state index contributed by atoms with van der Waals surface area (Å²) in [5.74, 6) is -0.760.